The second-order valence-electron chi connectivity index (χ2n) is 7.10. The maximum atomic E-state index is 12.3. The molecule has 0 aromatic heterocycles. The van der Waals surface area contributed by atoms with E-state index in [9.17, 15) is 19.5 Å². The molecule has 1 aliphatic heterocycles. The van der Waals surface area contributed by atoms with Gasteiger partial charge in [-0.3, -0.25) is 4.79 Å². The molecule has 0 aromatic rings. The molecule has 0 radical (unpaired) electrons. The zero-order valence-electron chi connectivity index (χ0n) is 16.2. The first kappa shape index (κ1) is 21.6. The number of esters is 3. The summed E-state index contributed by atoms with van der Waals surface area (Å²) in [7, 11) is 0. The smallest absolute Gasteiger partial charge is 0.334 e. The Hall–Kier alpha value is -2.67. The average molecular weight is 390 g/mol. The average Bonchev–Trinajstić information content (AvgIpc) is 2.91. The number of carbonyl (C=O) groups excluding carboxylic acids is 3. The van der Waals surface area contributed by atoms with Gasteiger partial charge in [0.1, 0.15) is 6.10 Å². The van der Waals surface area contributed by atoms with E-state index < -0.39 is 42.1 Å². The van der Waals surface area contributed by atoms with Crippen molar-refractivity contribution in [2.75, 3.05) is 6.61 Å². The van der Waals surface area contributed by atoms with Crippen LogP contribution in [0.1, 0.15) is 33.1 Å². The van der Waals surface area contributed by atoms with E-state index in [1.807, 2.05) is 6.08 Å². The Morgan fingerprint density at radius 3 is 2.54 bits per heavy atom. The zero-order chi connectivity index (χ0) is 21.0. The van der Waals surface area contributed by atoms with Crippen LogP contribution in [0.25, 0.3) is 0 Å². The van der Waals surface area contributed by atoms with Crippen LogP contribution in [0.3, 0.4) is 0 Å². The predicted octanol–water partition coefficient (Wildman–Crippen LogP) is 2.16. The van der Waals surface area contributed by atoms with Gasteiger partial charge in [-0.15, -0.1) is 0 Å². The predicted molar refractivity (Wildman–Crippen MR) is 101 cm³/mol. The lowest BCUT2D eigenvalue weighted by Gasteiger charge is -2.33. The molecule has 0 amide bonds. The van der Waals surface area contributed by atoms with Crippen molar-refractivity contribution in [3.8, 4) is 0 Å². The third-order valence-corrected chi connectivity index (χ3v) is 4.83. The van der Waals surface area contributed by atoms with Crippen LogP contribution in [0.5, 0.6) is 0 Å². The summed E-state index contributed by atoms with van der Waals surface area (Å²) in [5, 5.41) is 9.69. The summed E-state index contributed by atoms with van der Waals surface area (Å²) >= 11 is 0. The molecule has 1 N–H and O–H groups in total. The molecule has 0 saturated carbocycles. The zero-order valence-corrected chi connectivity index (χ0v) is 16.2. The molecule has 0 bridgehead atoms. The van der Waals surface area contributed by atoms with E-state index in [1.165, 1.54) is 13.8 Å². The van der Waals surface area contributed by atoms with Crippen LogP contribution in [-0.2, 0) is 28.6 Å². The molecule has 0 spiro atoms. The van der Waals surface area contributed by atoms with Gasteiger partial charge in [-0.05, 0) is 30.9 Å². The van der Waals surface area contributed by atoms with Crippen molar-refractivity contribution in [3.63, 3.8) is 0 Å². The molecule has 2 aliphatic rings. The fourth-order valence-corrected chi connectivity index (χ4v) is 3.41. The van der Waals surface area contributed by atoms with Crippen LogP contribution in [0.4, 0.5) is 0 Å². The van der Waals surface area contributed by atoms with Gasteiger partial charge in [0.25, 0.3) is 0 Å². The highest BCUT2D eigenvalue weighted by molar-refractivity contribution is 5.91. The van der Waals surface area contributed by atoms with Gasteiger partial charge in [0.15, 0.2) is 12.2 Å². The minimum absolute atomic E-state index is 0.118. The SMILES string of the molecule is C=C(C)C(=O)O[C@H]1CC(CO)=CCCC(=C)C(OC(C)=O)[C@H]2OC(=O)C(=C)[C@H]12. The molecule has 1 saturated heterocycles. The summed E-state index contributed by atoms with van der Waals surface area (Å²) < 4.78 is 16.5. The van der Waals surface area contributed by atoms with Crippen LogP contribution < -0.4 is 0 Å². The summed E-state index contributed by atoms with van der Waals surface area (Å²) in [6, 6.07) is 0. The number of hydrogen-bond donors (Lipinski definition) is 1. The Kier molecular flexibility index (Phi) is 6.96. The van der Waals surface area contributed by atoms with E-state index >= 15 is 0 Å². The quantitative estimate of drug-likeness (QED) is 0.340. The summed E-state index contributed by atoms with van der Waals surface area (Å²) in [6.07, 6.45) is 0.378. The molecule has 1 unspecified atom stereocenters. The first-order valence-corrected chi connectivity index (χ1v) is 9.05. The number of aliphatic hydroxyl groups is 1. The second kappa shape index (κ2) is 9.01. The Labute approximate surface area is 164 Å². The van der Waals surface area contributed by atoms with E-state index in [0.29, 0.717) is 24.0 Å². The standard InChI is InChI=1S/C21H26O7/c1-11(2)20(24)27-16-9-15(10-22)8-6-7-12(3)18(26-14(5)23)19-17(16)13(4)21(25)28-19/h8,16-19,22H,1,3-4,6-7,9-10H2,2,5H3/t16-,17+,18?,19-/m0/s1. The molecule has 1 fully saturated rings. The summed E-state index contributed by atoms with van der Waals surface area (Å²) in [5.74, 6) is -2.58. The number of allylic oxidation sites excluding steroid dienone is 1. The molecule has 7 heteroatoms. The second-order valence-corrected chi connectivity index (χ2v) is 7.10. The van der Waals surface area contributed by atoms with E-state index in [1.54, 1.807) is 0 Å². The van der Waals surface area contributed by atoms with Crippen molar-refractivity contribution in [1.29, 1.82) is 0 Å². The lowest BCUT2D eigenvalue weighted by atomic mass is 9.82. The van der Waals surface area contributed by atoms with Gasteiger partial charge >= 0.3 is 17.9 Å². The Bertz CT molecular complexity index is 746. The lowest BCUT2D eigenvalue weighted by molar-refractivity contribution is -0.162. The van der Waals surface area contributed by atoms with E-state index in [2.05, 4.69) is 19.7 Å². The van der Waals surface area contributed by atoms with E-state index in [4.69, 9.17) is 14.2 Å². The van der Waals surface area contributed by atoms with Gasteiger partial charge < -0.3 is 19.3 Å². The number of hydrogen-bond acceptors (Lipinski definition) is 7. The van der Waals surface area contributed by atoms with E-state index in [0.717, 1.165) is 0 Å². The van der Waals surface area contributed by atoms with Gasteiger partial charge in [0.05, 0.1) is 12.5 Å². The van der Waals surface area contributed by atoms with Gasteiger partial charge in [-0.2, -0.15) is 0 Å². The first-order chi connectivity index (χ1) is 13.1. The highest BCUT2D eigenvalue weighted by Gasteiger charge is 2.50. The summed E-state index contributed by atoms with van der Waals surface area (Å²) in [4.78, 5) is 36.1. The molecule has 2 rings (SSSR count). The van der Waals surface area contributed by atoms with Crippen LogP contribution in [0.2, 0.25) is 0 Å². The van der Waals surface area contributed by atoms with Crippen molar-refractivity contribution in [3.05, 3.63) is 48.1 Å². The third-order valence-electron chi connectivity index (χ3n) is 4.83. The summed E-state index contributed by atoms with van der Waals surface area (Å²) in [6.45, 7) is 13.9. The first-order valence-electron chi connectivity index (χ1n) is 9.05. The highest BCUT2D eigenvalue weighted by Crippen LogP contribution is 2.39. The number of ether oxygens (including phenoxy) is 3. The number of aliphatic hydroxyl groups excluding tert-OH is 1. The molecule has 152 valence electrons. The van der Waals surface area contributed by atoms with Crippen molar-refractivity contribution in [1.82, 2.24) is 0 Å². The molecule has 4 atom stereocenters. The molecule has 28 heavy (non-hydrogen) atoms. The fourth-order valence-electron chi connectivity index (χ4n) is 3.41. The van der Waals surface area contributed by atoms with Crippen LogP contribution in [0, 0.1) is 5.92 Å². The Morgan fingerprint density at radius 1 is 1.29 bits per heavy atom. The van der Waals surface area contributed by atoms with Crippen molar-refractivity contribution < 1.29 is 33.7 Å². The Morgan fingerprint density at radius 2 is 1.96 bits per heavy atom. The number of carbonyl (C=O) groups is 3. The normalized spacial score (nSPS) is 28.0. The van der Waals surface area contributed by atoms with Gasteiger partial charge in [-0.25, -0.2) is 9.59 Å². The van der Waals surface area contributed by atoms with Gasteiger partial charge in [0, 0.05) is 24.5 Å². The third kappa shape index (κ3) is 4.78. The van der Waals surface area contributed by atoms with Crippen LogP contribution >= 0.6 is 0 Å². The van der Waals surface area contributed by atoms with E-state index in [-0.39, 0.29) is 24.2 Å². The minimum atomic E-state index is -0.919. The molecule has 7 nitrogen and oxygen atoms in total. The van der Waals surface area contributed by atoms with Crippen molar-refractivity contribution in [2.45, 2.75) is 51.4 Å². The highest BCUT2D eigenvalue weighted by atomic mass is 16.6. The topological polar surface area (TPSA) is 99.1 Å². The molecule has 1 aliphatic carbocycles. The van der Waals surface area contributed by atoms with Gasteiger partial charge in [-0.1, -0.05) is 25.8 Å². The molecule has 1 heterocycles. The van der Waals surface area contributed by atoms with Crippen molar-refractivity contribution >= 4 is 17.9 Å². The van der Waals surface area contributed by atoms with Crippen LogP contribution in [0.15, 0.2) is 48.1 Å². The number of rotatable bonds is 4. The lowest BCUT2D eigenvalue weighted by Crippen LogP contribution is -2.43. The van der Waals surface area contributed by atoms with Gasteiger partial charge in [0.2, 0.25) is 0 Å². The maximum absolute atomic E-state index is 12.3. The monoisotopic (exact) mass is 390 g/mol. The molecule has 0 aromatic carbocycles. The van der Waals surface area contributed by atoms with Crippen molar-refractivity contribution in [2.24, 2.45) is 5.92 Å². The molecular formula is C21H26O7. The number of fused-ring (bicyclic) bond motifs is 1. The minimum Gasteiger partial charge on any atom is -0.458 e. The Balaban J connectivity index is 2.52. The largest absolute Gasteiger partial charge is 0.458 e. The summed E-state index contributed by atoms with van der Waals surface area (Å²) in [5.41, 5.74) is 1.53. The van der Waals surface area contributed by atoms with Crippen LogP contribution in [-0.4, -0.2) is 47.9 Å². The maximum Gasteiger partial charge on any atom is 0.334 e. The fraction of sp³-hybridized carbons (Fsp3) is 0.476. The molecular weight excluding hydrogens is 364 g/mol.